The van der Waals surface area contributed by atoms with Crippen LogP contribution in [0, 0.1) is 5.92 Å². The van der Waals surface area contributed by atoms with E-state index in [9.17, 15) is 0 Å². The zero-order valence-electron chi connectivity index (χ0n) is 6.57. The normalized spacial score (nSPS) is 10.8. The van der Waals surface area contributed by atoms with E-state index in [2.05, 4.69) is 15.9 Å². The van der Waals surface area contributed by atoms with Gasteiger partial charge in [0.2, 0.25) is 0 Å². The van der Waals surface area contributed by atoms with Gasteiger partial charge in [-0.1, -0.05) is 46.1 Å². The number of halogens is 3. The minimum Gasteiger partial charge on any atom is -0.0918 e. The van der Waals surface area contributed by atoms with Crippen LogP contribution in [0.3, 0.4) is 0 Å². The van der Waals surface area contributed by atoms with Gasteiger partial charge in [0.25, 0.3) is 0 Å². The van der Waals surface area contributed by atoms with Crippen LogP contribution in [0.25, 0.3) is 0 Å². The molecule has 0 aliphatic rings. The van der Waals surface area contributed by atoms with Crippen molar-refractivity contribution in [2.24, 2.45) is 0 Å². The van der Waals surface area contributed by atoms with E-state index in [1.807, 2.05) is 19.1 Å². The van der Waals surface area contributed by atoms with Gasteiger partial charge in [-0.3, -0.25) is 0 Å². The van der Waals surface area contributed by atoms with Crippen molar-refractivity contribution >= 4 is 39.1 Å². The van der Waals surface area contributed by atoms with Gasteiger partial charge in [-0.2, -0.15) is 0 Å². The first-order valence-corrected chi connectivity index (χ1v) is 5.36. The van der Waals surface area contributed by atoms with Crippen LogP contribution in [0.4, 0.5) is 0 Å². The third-order valence-electron chi connectivity index (χ3n) is 1.56. The Hall–Kier alpha value is 0.280. The Kier molecular flexibility index (Phi) is 3.88. The molecule has 0 atom stereocenters. The molecule has 0 aliphatic carbocycles. The molecular weight excluding hydrogens is 259 g/mol. The van der Waals surface area contributed by atoms with Crippen molar-refractivity contribution in [3.63, 3.8) is 0 Å². The average molecular weight is 267 g/mol. The molecule has 0 amide bonds. The van der Waals surface area contributed by atoms with Gasteiger partial charge in [0, 0.05) is 21.3 Å². The van der Waals surface area contributed by atoms with E-state index in [-0.39, 0.29) is 0 Å². The smallest absolute Gasteiger partial charge is 0.0423 e. The molecular formula is C9H8BrCl2. The van der Waals surface area contributed by atoms with E-state index in [1.54, 1.807) is 6.07 Å². The lowest BCUT2D eigenvalue weighted by Gasteiger charge is -2.07. The van der Waals surface area contributed by atoms with Gasteiger partial charge >= 0.3 is 0 Å². The van der Waals surface area contributed by atoms with E-state index in [1.165, 1.54) is 5.92 Å². The zero-order valence-corrected chi connectivity index (χ0v) is 9.67. The molecule has 1 aromatic rings. The second kappa shape index (κ2) is 4.50. The molecule has 0 unspecified atom stereocenters. The highest BCUT2D eigenvalue weighted by molar-refractivity contribution is 9.09. The molecule has 0 saturated carbocycles. The van der Waals surface area contributed by atoms with Crippen LogP contribution < -0.4 is 0 Å². The first-order chi connectivity index (χ1) is 5.63. The average Bonchev–Trinajstić information content (AvgIpc) is 2.01. The monoisotopic (exact) mass is 265 g/mol. The van der Waals surface area contributed by atoms with E-state index in [4.69, 9.17) is 23.2 Å². The summed E-state index contributed by atoms with van der Waals surface area (Å²) in [6.45, 7) is 2.04. The molecule has 1 radical (unpaired) electrons. The molecule has 1 rings (SSSR count). The van der Waals surface area contributed by atoms with Crippen molar-refractivity contribution < 1.29 is 0 Å². The van der Waals surface area contributed by atoms with Gasteiger partial charge in [0.05, 0.1) is 0 Å². The summed E-state index contributed by atoms with van der Waals surface area (Å²) in [5.41, 5.74) is 1.09. The predicted octanol–water partition coefficient (Wildman–Crippen LogP) is 4.33. The molecule has 0 saturated heterocycles. The molecule has 12 heavy (non-hydrogen) atoms. The molecule has 0 aromatic heterocycles. The molecule has 0 spiro atoms. The maximum absolute atomic E-state index is 5.84. The van der Waals surface area contributed by atoms with Crippen LogP contribution in [-0.4, -0.2) is 5.33 Å². The molecule has 1 aromatic carbocycles. The summed E-state index contributed by atoms with van der Waals surface area (Å²) in [6, 6.07) is 5.54. The molecule has 0 fully saturated rings. The predicted molar refractivity (Wildman–Crippen MR) is 58.3 cm³/mol. The van der Waals surface area contributed by atoms with Crippen molar-refractivity contribution in [2.75, 3.05) is 5.33 Å². The fourth-order valence-electron chi connectivity index (χ4n) is 0.877. The highest BCUT2D eigenvalue weighted by Crippen LogP contribution is 2.24. The van der Waals surface area contributed by atoms with Crippen molar-refractivity contribution in [3.05, 3.63) is 39.7 Å². The number of benzene rings is 1. The standard InChI is InChI=1S/C9H8BrCl2/c1-6(5-10)7-2-8(11)4-9(12)3-7/h2-4H,5H2,1H3. The van der Waals surface area contributed by atoms with E-state index >= 15 is 0 Å². The Labute approximate surface area is 91.0 Å². The summed E-state index contributed by atoms with van der Waals surface area (Å²) in [6.07, 6.45) is 0. The van der Waals surface area contributed by atoms with E-state index in [0.717, 1.165) is 10.9 Å². The van der Waals surface area contributed by atoms with E-state index < -0.39 is 0 Å². The summed E-state index contributed by atoms with van der Waals surface area (Å²) in [4.78, 5) is 0. The van der Waals surface area contributed by atoms with Crippen LogP contribution in [0.5, 0.6) is 0 Å². The largest absolute Gasteiger partial charge is 0.0918 e. The fraction of sp³-hybridized carbons (Fsp3) is 0.222. The lowest BCUT2D eigenvalue weighted by Crippen LogP contribution is -1.94. The van der Waals surface area contributed by atoms with Crippen LogP contribution in [0.2, 0.25) is 10.0 Å². The summed E-state index contributed by atoms with van der Waals surface area (Å²) in [5, 5.41) is 2.19. The van der Waals surface area contributed by atoms with Gasteiger partial charge in [-0.15, -0.1) is 0 Å². The van der Waals surface area contributed by atoms with Gasteiger partial charge in [-0.05, 0) is 23.8 Å². The summed E-state index contributed by atoms with van der Waals surface area (Å²) in [5.74, 6) is 1.22. The maximum atomic E-state index is 5.84. The zero-order chi connectivity index (χ0) is 9.14. The SMILES string of the molecule is C[C](CBr)c1cc(Cl)cc(Cl)c1. The first-order valence-electron chi connectivity index (χ1n) is 3.48. The molecule has 3 heteroatoms. The number of hydrogen-bond acceptors (Lipinski definition) is 0. The molecule has 0 N–H and O–H groups in total. The van der Waals surface area contributed by atoms with Gasteiger partial charge < -0.3 is 0 Å². The lowest BCUT2D eigenvalue weighted by molar-refractivity contribution is 1.17. The van der Waals surface area contributed by atoms with Crippen LogP contribution in [-0.2, 0) is 0 Å². The van der Waals surface area contributed by atoms with Gasteiger partial charge in [0.1, 0.15) is 0 Å². The summed E-state index contributed by atoms with van der Waals surface area (Å²) in [7, 11) is 0. The number of alkyl halides is 1. The quantitative estimate of drug-likeness (QED) is 0.699. The molecule has 65 valence electrons. The molecule has 0 nitrogen and oxygen atoms in total. The van der Waals surface area contributed by atoms with Crippen molar-refractivity contribution in [3.8, 4) is 0 Å². The Morgan fingerprint density at radius 2 is 1.75 bits per heavy atom. The van der Waals surface area contributed by atoms with Gasteiger partial charge in [0.15, 0.2) is 0 Å². The minimum atomic E-state index is 0.679. The Bertz CT molecular complexity index is 253. The lowest BCUT2D eigenvalue weighted by atomic mass is 10.0. The third-order valence-corrected chi connectivity index (χ3v) is 2.83. The van der Waals surface area contributed by atoms with Crippen molar-refractivity contribution in [1.82, 2.24) is 0 Å². The maximum Gasteiger partial charge on any atom is 0.0423 e. The van der Waals surface area contributed by atoms with Crippen molar-refractivity contribution in [2.45, 2.75) is 6.92 Å². The van der Waals surface area contributed by atoms with Crippen molar-refractivity contribution in [1.29, 1.82) is 0 Å². The number of hydrogen-bond donors (Lipinski definition) is 0. The summed E-state index contributed by atoms with van der Waals surface area (Å²) >= 11 is 15.1. The van der Waals surface area contributed by atoms with E-state index in [0.29, 0.717) is 10.0 Å². The third kappa shape index (κ3) is 2.65. The second-order valence-corrected chi connectivity index (χ2v) is 4.01. The highest BCUT2D eigenvalue weighted by Gasteiger charge is 2.05. The Morgan fingerprint density at radius 3 is 2.17 bits per heavy atom. The Balaban J connectivity index is 3.00. The second-order valence-electron chi connectivity index (χ2n) is 2.57. The molecule has 0 heterocycles. The molecule has 0 bridgehead atoms. The van der Waals surface area contributed by atoms with Crippen LogP contribution >= 0.6 is 39.1 Å². The topological polar surface area (TPSA) is 0 Å². The van der Waals surface area contributed by atoms with Gasteiger partial charge in [-0.25, -0.2) is 0 Å². The Morgan fingerprint density at radius 1 is 1.25 bits per heavy atom. The first kappa shape index (κ1) is 10.4. The molecule has 0 aliphatic heterocycles. The van der Waals surface area contributed by atoms with Crippen LogP contribution in [0.15, 0.2) is 18.2 Å². The summed E-state index contributed by atoms with van der Waals surface area (Å²) < 4.78 is 0. The highest BCUT2D eigenvalue weighted by atomic mass is 79.9. The number of rotatable bonds is 2. The minimum absolute atomic E-state index is 0.679. The van der Waals surface area contributed by atoms with Crippen LogP contribution in [0.1, 0.15) is 12.5 Å². The fourth-order valence-corrected chi connectivity index (χ4v) is 1.73.